The molecule has 7 heteroatoms. The van der Waals surface area contributed by atoms with Crippen LogP contribution >= 0.6 is 0 Å². The average molecular weight is 380 g/mol. The molecule has 2 aromatic carbocycles. The maximum atomic E-state index is 12.7. The summed E-state index contributed by atoms with van der Waals surface area (Å²) in [5.41, 5.74) is 7.02. The second kappa shape index (κ2) is 9.14. The standard InChI is InChI=1S/C21H24N4O3/c22-12-19(26)25-14-17(24-20(27)16-9-5-2-6-10-16)11-18(25)21(28)23-13-15-7-3-1-4-8-15/h1-10,17-18H,11-14,22H2,(H,23,28)(H,24,27). The quantitative estimate of drug-likeness (QED) is 0.685. The van der Waals surface area contributed by atoms with Gasteiger partial charge < -0.3 is 21.3 Å². The molecule has 3 amide bonds. The Hall–Kier alpha value is -3.19. The van der Waals surface area contributed by atoms with E-state index < -0.39 is 6.04 Å². The Morgan fingerprint density at radius 2 is 1.64 bits per heavy atom. The summed E-state index contributed by atoms with van der Waals surface area (Å²) in [6.45, 7) is 0.460. The molecule has 1 saturated heterocycles. The molecule has 1 heterocycles. The van der Waals surface area contributed by atoms with E-state index >= 15 is 0 Å². The molecule has 0 saturated carbocycles. The van der Waals surface area contributed by atoms with Gasteiger partial charge in [-0.1, -0.05) is 48.5 Å². The molecular weight excluding hydrogens is 356 g/mol. The van der Waals surface area contributed by atoms with E-state index in [0.29, 0.717) is 18.5 Å². The number of likely N-dealkylation sites (tertiary alicyclic amines) is 1. The van der Waals surface area contributed by atoms with Crippen LogP contribution in [0, 0.1) is 0 Å². The van der Waals surface area contributed by atoms with E-state index in [9.17, 15) is 14.4 Å². The largest absolute Gasteiger partial charge is 0.350 e. The molecule has 1 fully saturated rings. The van der Waals surface area contributed by atoms with Crippen LogP contribution in [0.3, 0.4) is 0 Å². The maximum Gasteiger partial charge on any atom is 0.251 e. The Bertz CT molecular complexity index is 826. The Labute approximate surface area is 163 Å². The highest BCUT2D eigenvalue weighted by molar-refractivity contribution is 5.95. The van der Waals surface area contributed by atoms with Gasteiger partial charge in [0, 0.05) is 24.7 Å². The van der Waals surface area contributed by atoms with Crippen molar-refractivity contribution in [3.8, 4) is 0 Å². The number of carbonyl (C=O) groups excluding carboxylic acids is 3. The predicted molar refractivity (Wildman–Crippen MR) is 105 cm³/mol. The van der Waals surface area contributed by atoms with Gasteiger partial charge in [0.1, 0.15) is 6.04 Å². The maximum absolute atomic E-state index is 12.7. The second-order valence-corrected chi connectivity index (χ2v) is 6.74. The summed E-state index contributed by atoms with van der Waals surface area (Å²) in [7, 11) is 0. The van der Waals surface area contributed by atoms with Crippen molar-refractivity contribution in [1.82, 2.24) is 15.5 Å². The van der Waals surface area contributed by atoms with E-state index in [2.05, 4.69) is 10.6 Å². The second-order valence-electron chi connectivity index (χ2n) is 6.74. The van der Waals surface area contributed by atoms with Crippen LogP contribution in [-0.4, -0.2) is 47.8 Å². The van der Waals surface area contributed by atoms with Gasteiger partial charge in [0.05, 0.1) is 6.54 Å². The summed E-state index contributed by atoms with van der Waals surface area (Å²) in [6, 6.07) is 17.4. The fourth-order valence-electron chi connectivity index (χ4n) is 3.34. The molecule has 146 valence electrons. The van der Waals surface area contributed by atoms with Gasteiger partial charge in [-0.3, -0.25) is 14.4 Å². The smallest absolute Gasteiger partial charge is 0.251 e. The summed E-state index contributed by atoms with van der Waals surface area (Å²) in [5, 5.41) is 5.78. The molecule has 7 nitrogen and oxygen atoms in total. The van der Waals surface area contributed by atoms with Crippen LogP contribution in [0.15, 0.2) is 60.7 Å². The van der Waals surface area contributed by atoms with Gasteiger partial charge in [0.15, 0.2) is 0 Å². The highest BCUT2D eigenvalue weighted by Gasteiger charge is 2.39. The third-order valence-electron chi connectivity index (χ3n) is 4.78. The topological polar surface area (TPSA) is 105 Å². The van der Waals surface area contributed by atoms with Crippen molar-refractivity contribution in [2.24, 2.45) is 5.73 Å². The summed E-state index contributed by atoms with van der Waals surface area (Å²) < 4.78 is 0. The van der Waals surface area contributed by atoms with Crippen LogP contribution in [0.4, 0.5) is 0 Å². The Balaban J connectivity index is 1.64. The normalized spacial score (nSPS) is 18.5. The predicted octanol–water partition coefficient (Wildman–Crippen LogP) is 0.661. The number of carbonyl (C=O) groups is 3. The van der Waals surface area contributed by atoms with Gasteiger partial charge in [-0.05, 0) is 24.1 Å². The minimum atomic E-state index is -0.652. The average Bonchev–Trinajstić information content (AvgIpc) is 3.16. The molecule has 2 aromatic rings. The summed E-state index contributed by atoms with van der Waals surface area (Å²) in [6.07, 6.45) is 0.352. The molecular formula is C21H24N4O3. The van der Waals surface area contributed by atoms with E-state index in [4.69, 9.17) is 5.73 Å². The van der Waals surface area contributed by atoms with E-state index in [1.54, 1.807) is 24.3 Å². The van der Waals surface area contributed by atoms with Gasteiger partial charge in [-0.25, -0.2) is 0 Å². The minimum absolute atomic E-state index is 0.179. The van der Waals surface area contributed by atoms with Crippen LogP contribution in [0.5, 0.6) is 0 Å². The highest BCUT2D eigenvalue weighted by atomic mass is 16.2. The van der Waals surface area contributed by atoms with E-state index in [0.717, 1.165) is 5.56 Å². The van der Waals surface area contributed by atoms with Gasteiger partial charge in [-0.15, -0.1) is 0 Å². The lowest BCUT2D eigenvalue weighted by Gasteiger charge is -2.23. The first-order chi connectivity index (χ1) is 13.6. The fraction of sp³-hybridized carbons (Fsp3) is 0.286. The number of hydrogen-bond donors (Lipinski definition) is 3. The molecule has 1 aliphatic heterocycles. The molecule has 1 aliphatic rings. The molecule has 4 N–H and O–H groups in total. The molecule has 0 bridgehead atoms. The Morgan fingerprint density at radius 1 is 1.00 bits per heavy atom. The first-order valence-electron chi connectivity index (χ1n) is 9.25. The molecule has 0 radical (unpaired) electrons. The molecule has 2 unspecified atom stereocenters. The number of rotatable bonds is 6. The van der Waals surface area contributed by atoms with Gasteiger partial charge in [0.2, 0.25) is 11.8 Å². The van der Waals surface area contributed by atoms with Gasteiger partial charge >= 0.3 is 0 Å². The van der Waals surface area contributed by atoms with Crippen LogP contribution in [-0.2, 0) is 16.1 Å². The molecule has 0 spiro atoms. The number of nitrogens with two attached hydrogens (primary N) is 1. The molecule has 28 heavy (non-hydrogen) atoms. The van der Waals surface area contributed by atoms with Crippen molar-refractivity contribution in [1.29, 1.82) is 0 Å². The zero-order valence-corrected chi connectivity index (χ0v) is 15.5. The monoisotopic (exact) mass is 380 g/mol. The van der Waals surface area contributed by atoms with E-state index in [1.165, 1.54) is 4.90 Å². The highest BCUT2D eigenvalue weighted by Crippen LogP contribution is 2.19. The summed E-state index contributed by atoms with van der Waals surface area (Å²) in [4.78, 5) is 38.8. The molecule has 3 rings (SSSR count). The van der Waals surface area contributed by atoms with E-state index in [-0.39, 0.29) is 36.9 Å². The summed E-state index contributed by atoms with van der Waals surface area (Å²) in [5.74, 6) is -0.783. The third kappa shape index (κ3) is 4.75. The number of amides is 3. The number of hydrogen-bond acceptors (Lipinski definition) is 4. The zero-order valence-electron chi connectivity index (χ0n) is 15.5. The summed E-state index contributed by atoms with van der Waals surface area (Å²) >= 11 is 0. The first kappa shape index (κ1) is 19.6. The third-order valence-corrected chi connectivity index (χ3v) is 4.78. The van der Waals surface area contributed by atoms with Crippen molar-refractivity contribution >= 4 is 17.7 Å². The lowest BCUT2D eigenvalue weighted by Crippen LogP contribution is -2.47. The lowest BCUT2D eigenvalue weighted by atomic mass is 10.1. The molecule has 2 atom stereocenters. The lowest BCUT2D eigenvalue weighted by molar-refractivity contribution is -0.137. The van der Waals surface area contributed by atoms with Crippen molar-refractivity contribution in [3.63, 3.8) is 0 Å². The van der Waals surface area contributed by atoms with Crippen LogP contribution in [0.2, 0.25) is 0 Å². The number of nitrogens with one attached hydrogen (secondary N) is 2. The molecule has 0 aliphatic carbocycles. The molecule has 0 aromatic heterocycles. The number of benzene rings is 2. The van der Waals surface area contributed by atoms with Crippen molar-refractivity contribution in [3.05, 3.63) is 71.8 Å². The van der Waals surface area contributed by atoms with Crippen LogP contribution in [0.1, 0.15) is 22.3 Å². The Morgan fingerprint density at radius 3 is 2.29 bits per heavy atom. The minimum Gasteiger partial charge on any atom is -0.350 e. The van der Waals surface area contributed by atoms with Gasteiger partial charge in [-0.2, -0.15) is 0 Å². The SMILES string of the molecule is NCC(=O)N1CC(NC(=O)c2ccccc2)CC1C(=O)NCc1ccccc1. The number of nitrogens with zero attached hydrogens (tertiary/aromatic N) is 1. The van der Waals surface area contributed by atoms with Crippen molar-refractivity contribution in [2.75, 3.05) is 13.1 Å². The van der Waals surface area contributed by atoms with Crippen LogP contribution in [0.25, 0.3) is 0 Å². The first-order valence-corrected chi connectivity index (χ1v) is 9.25. The van der Waals surface area contributed by atoms with Crippen molar-refractivity contribution in [2.45, 2.75) is 25.0 Å². The Kier molecular flexibility index (Phi) is 6.39. The van der Waals surface area contributed by atoms with Gasteiger partial charge in [0.25, 0.3) is 5.91 Å². The van der Waals surface area contributed by atoms with E-state index in [1.807, 2.05) is 36.4 Å². The fourth-order valence-corrected chi connectivity index (χ4v) is 3.34. The van der Waals surface area contributed by atoms with Crippen LogP contribution < -0.4 is 16.4 Å². The zero-order chi connectivity index (χ0) is 19.9. The van der Waals surface area contributed by atoms with Crippen molar-refractivity contribution < 1.29 is 14.4 Å².